The Kier molecular flexibility index (Phi) is 5.81. The first-order valence-electron chi connectivity index (χ1n) is 7.03. The van der Waals surface area contributed by atoms with Crippen LogP contribution in [-0.2, 0) is 9.53 Å². The van der Waals surface area contributed by atoms with E-state index in [1.54, 1.807) is 18.3 Å². The highest BCUT2D eigenvalue weighted by Gasteiger charge is 2.06. The Morgan fingerprint density at radius 3 is 3.00 bits per heavy atom. The molecule has 1 aromatic heterocycles. The molecule has 0 saturated carbocycles. The molecular weight excluding hydrogens is 290 g/mol. The number of hydrogen-bond donors (Lipinski definition) is 0. The summed E-state index contributed by atoms with van der Waals surface area (Å²) in [5.41, 5.74) is 0.789. The molecule has 0 aliphatic heterocycles. The summed E-state index contributed by atoms with van der Waals surface area (Å²) in [7, 11) is 0. The molecule has 1 aromatic carbocycles. The van der Waals surface area contributed by atoms with Crippen molar-refractivity contribution in [2.45, 2.75) is 26.2 Å². The van der Waals surface area contributed by atoms with E-state index in [0.717, 1.165) is 30.2 Å². The number of carbonyl (C=O) groups is 1. The molecule has 0 bridgehead atoms. The van der Waals surface area contributed by atoms with E-state index in [1.165, 1.54) is 0 Å². The van der Waals surface area contributed by atoms with Crippen molar-refractivity contribution in [2.24, 2.45) is 0 Å². The number of pyridine rings is 1. The predicted octanol–water partition coefficient (Wildman–Crippen LogP) is 4.00. The Hall–Kier alpha value is -1.81. The van der Waals surface area contributed by atoms with Crippen LogP contribution >= 0.6 is 11.6 Å². The van der Waals surface area contributed by atoms with Gasteiger partial charge in [0.2, 0.25) is 0 Å². The summed E-state index contributed by atoms with van der Waals surface area (Å²) >= 11 is 6.10. The van der Waals surface area contributed by atoms with E-state index < -0.39 is 0 Å². The van der Waals surface area contributed by atoms with E-state index in [2.05, 4.69) is 11.9 Å². The van der Waals surface area contributed by atoms with Crippen molar-refractivity contribution in [3.05, 3.63) is 35.5 Å². The monoisotopic (exact) mass is 307 g/mol. The number of halogens is 1. The lowest BCUT2D eigenvalue weighted by atomic mass is 10.2. The van der Waals surface area contributed by atoms with E-state index in [-0.39, 0.29) is 12.6 Å². The third-order valence-corrected chi connectivity index (χ3v) is 3.34. The second kappa shape index (κ2) is 7.84. The number of benzene rings is 1. The second-order valence-electron chi connectivity index (χ2n) is 4.69. The highest BCUT2D eigenvalue weighted by molar-refractivity contribution is 6.35. The Bertz CT molecular complexity index is 615. The predicted molar refractivity (Wildman–Crippen MR) is 82.7 cm³/mol. The molecule has 0 aliphatic rings. The smallest absolute Gasteiger partial charge is 0.344 e. The van der Waals surface area contributed by atoms with Gasteiger partial charge < -0.3 is 9.47 Å². The van der Waals surface area contributed by atoms with E-state index in [0.29, 0.717) is 17.4 Å². The van der Waals surface area contributed by atoms with Crippen molar-refractivity contribution in [1.82, 2.24) is 4.98 Å². The minimum absolute atomic E-state index is 0.121. The lowest BCUT2D eigenvalue weighted by molar-refractivity contribution is -0.146. The van der Waals surface area contributed by atoms with Gasteiger partial charge in [0.15, 0.2) is 6.61 Å². The van der Waals surface area contributed by atoms with Gasteiger partial charge in [0.1, 0.15) is 5.75 Å². The zero-order chi connectivity index (χ0) is 15.1. The van der Waals surface area contributed by atoms with Gasteiger partial charge in [-0.25, -0.2) is 4.79 Å². The zero-order valence-electron chi connectivity index (χ0n) is 12.0. The van der Waals surface area contributed by atoms with Gasteiger partial charge in [0.05, 0.1) is 23.3 Å². The maximum Gasteiger partial charge on any atom is 0.344 e. The average molecular weight is 308 g/mol. The quantitative estimate of drug-likeness (QED) is 0.573. The number of hydrogen-bond acceptors (Lipinski definition) is 4. The molecular formula is C16H18ClNO3. The number of unbranched alkanes of at least 4 members (excludes halogenated alkanes) is 2. The number of rotatable bonds is 7. The Balaban J connectivity index is 1.88. The Morgan fingerprint density at radius 2 is 2.19 bits per heavy atom. The summed E-state index contributed by atoms with van der Waals surface area (Å²) in [6, 6.07) is 7.27. The van der Waals surface area contributed by atoms with Gasteiger partial charge in [0.25, 0.3) is 0 Å². The molecule has 0 unspecified atom stereocenters. The fourth-order valence-electron chi connectivity index (χ4n) is 1.89. The van der Waals surface area contributed by atoms with Crippen molar-refractivity contribution in [2.75, 3.05) is 13.2 Å². The zero-order valence-corrected chi connectivity index (χ0v) is 12.7. The molecule has 2 aromatic rings. The van der Waals surface area contributed by atoms with Crippen LogP contribution in [0.3, 0.4) is 0 Å². The van der Waals surface area contributed by atoms with Crippen molar-refractivity contribution in [1.29, 1.82) is 0 Å². The van der Waals surface area contributed by atoms with Crippen LogP contribution in [0.25, 0.3) is 10.9 Å². The highest BCUT2D eigenvalue weighted by atomic mass is 35.5. The number of ether oxygens (including phenoxy) is 2. The third-order valence-electron chi connectivity index (χ3n) is 3.02. The van der Waals surface area contributed by atoms with Crippen LogP contribution in [0, 0.1) is 0 Å². The van der Waals surface area contributed by atoms with Gasteiger partial charge in [-0.3, -0.25) is 4.98 Å². The first-order chi connectivity index (χ1) is 10.2. The summed E-state index contributed by atoms with van der Waals surface area (Å²) in [6.07, 6.45) is 4.61. The second-order valence-corrected chi connectivity index (χ2v) is 5.10. The average Bonchev–Trinajstić information content (AvgIpc) is 2.50. The number of carbonyl (C=O) groups excluding carboxylic acids is 1. The van der Waals surface area contributed by atoms with Gasteiger partial charge in [-0.2, -0.15) is 0 Å². The molecule has 0 fully saturated rings. The van der Waals surface area contributed by atoms with Crippen molar-refractivity contribution in [3.63, 3.8) is 0 Å². The fourth-order valence-corrected chi connectivity index (χ4v) is 2.12. The molecule has 0 atom stereocenters. The topological polar surface area (TPSA) is 48.4 Å². The minimum Gasteiger partial charge on any atom is -0.480 e. The maximum atomic E-state index is 11.5. The van der Waals surface area contributed by atoms with Gasteiger partial charge in [-0.1, -0.05) is 37.4 Å². The van der Waals surface area contributed by atoms with Gasteiger partial charge in [-0.15, -0.1) is 0 Å². The maximum absolute atomic E-state index is 11.5. The molecule has 2 rings (SSSR count). The van der Waals surface area contributed by atoms with Gasteiger partial charge in [-0.05, 0) is 24.6 Å². The molecule has 0 saturated heterocycles. The third kappa shape index (κ3) is 4.60. The van der Waals surface area contributed by atoms with Crippen LogP contribution in [0.5, 0.6) is 5.75 Å². The highest BCUT2D eigenvalue weighted by Crippen LogP contribution is 2.25. The lowest BCUT2D eigenvalue weighted by Gasteiger charge is -2.08. The molecule has 21 heavy (non-hydrogen) atoms. The Morgan fingerprint density at radius 1 is 1.33 bits per heavy atom. The largest absolute Gasteiger partial charge is 0.480 e. The first kappa shape index (κ1) is 15.6. The summed E-state index contributed by atoms with van der Waals surface area (Å²) in [5.74, 6) is 0.131. The van der Waals surface area contributed by atoms with E-state index in [1.807, 2.05) is 12.1 Å². The molecule has 4 nitrogen and oxygen atoms in total. The summed E-state index contributed by atoms with van der Waals surface area (Å²) < 4.78 is 10.5. The van der Waals surface area contributed by atoms with Crippen LogP contribution in [-0.4, -0.2) is 24.2 Å². The van der Waals surface area contributed by atoms with E-state index in [4.69, 9.17) is 21.1 Å². The number of fused-ring (bicyclic) bond motifs is 1. The number of esters is 1. The molecule has 0 amide bonds. The molecule has 0 N–H and O–H groups in total. The van der Waals surface area contributed by atoms with Gasteiger partial charge in [0, 0.05) is 5.39 Å². The van der Waals surface area contributed by atoms with Crippen molar-refractivity contribution in [3.8, 4) is 5.75 Å². The van der Waals surface area contributed by atoms with E-state index in [9.17, 15) is 4.79 Å². The van der Waals surface area contributed by atoms with Crippen molar-refractivity contribution >= 4 is 28.5 Å². The number of aromatic nitrogens is 1. The Labute approximate surface area is 129 Å². The normalized spacial score (nSPS) is 10.6. The first-order valence-corrected chi connectivity index (χ1v) is 7.41. The van der Waals surface area contributed by atoms with Crippen LogP contribution in [0.15, 0.2) is 30.5 Å². The molecule has 0 radical (unpaired) electrons. The standard InChI is InChI=1S/C16H18ClNO3/c1-2-3-4-8-20-16(19)11-21-12-9-13-14(17)6-5-7-15(13)18-10-12/h5-7,9-10H,2-4,8,11H2,1H3. The minimum atomic E-state index is -0.370. The lowest BCUT2D eigenvalue weighted by Crippen LogP contribution is -2.15. The van der Waals surface area contributed by atoms with Crippen LogP contribution < -0.4 is 4.74 Å². The molecule has 0 aliphatic carbocycles. The summed E-state index contributed by atoms with van der Waals surface area (Å²) in [6.45, 7) is 2.42. The molecule has 1 heterocycles. The van der Waals surface area contributed by atoms with Crippen LogP contribution in [0.4, 0.5) is 0 Å². The summed E-state index contributed by atoms with van der Waals surface area (Å²) in [5, 5.41) is 1.40. The van der Waals surface area contributed by atoms with E-state index >= 15 is 0 Å². The molecule has 112 valence electrons. The van der Waals surface area contributed by atoms with Crippen LogP contribution in [0.2, 0.25) is 5.02 Å². The molecule has 5 heteroatoms. The summed E-state index contributed by atoms with van der Waals surface area (Å²) in [4.78, 5) is 15.8. The molecule has 0 spiro atoms. The number of nitrogens with zero attached hydrogens (tertiary/aromatic N) is 1. The SMILES string of the molecule is CCCCCOC(=O)COc1cnc2cccc(Cl)c2c1. The fraction of sp³-hybridized carbons (Fsp3) is 0.375. The van der Waals surface area contributed by atoms with Crippen molar-refractivity contribution < 1.29 is 14.3 Å². The van der Waals surface area contributed by atoms with Crippen LogP contribution in [0.1, 0.15) is 26.2 Å². The van der Waals surface area contributed by atoms with Gasteiger partial charge >= 0.3 is 5.97 Å².